The van der Waals surface area contributed by atoms with E-state index in [1.165, 1.54) is 31.4 Å². The molecule has 2 heteroatoms. The number of hydrogen-bond donors (Lipinski definition) is 1. The third kappa shape index (κ3) is 3.11. The fourth-order valence-corrected chi connectivity index (χ4v) is 2.12. The van der Waals surface area contributed by atoms with Crippen LogP contribution in [0.4, 0.5) is 0 Å². The highest BCUT2D eigenvalue weighted by molar-refractivity contribution is 5.17. The van der Waals surface area contributed by atoms with E-state index in [0.717, 1.165) is 24.8 Å². The highest BCUT2D eigenvalue weighted by atomic mass is 16.3. The monoisotopic (exact) mass is 221 g/mol. The molecule has 2 rings (SSSR count). The maximum absolute atomic E-state index is 5.82. The minimum atomic E-state index is 0.703. The summed E-state index contributed by atoms with van der Waals surface area (Å²) in [5.74, 6) is 3.81. The van der Waals surface area contributed by atoms with E-state index in [9.17, 15) is 0 Å². The van der Waals surface area contributed by atoms with Gasteiger partial charge in [0.15, 0.2) is 0 Å². The van der Waals surface area contributed by atoms with Gasteiger partial charge in [0.25, 0.3) is 0 Å². The molecule has 2 atom stereocenters. The van der Waals surface area contributed by atoms with Crippen molar-refractivity contribution in [1.29, 1.82) is 0 Å². The van der Waals surface area contributed by atoms with Gasteiger partial charge in [0, 0.05) is 5.92 Å². The average Bonchev–Trinajstić information content (AvgIpc) is 2.83. The molecule has 0 spiro atoms. The topological polar surface area (TPSA) is 25.2 Å². The number of nitrogens with one attached hydrogen (secondary N) is 1. The molecule has 0 aromatic carbocycles. The molecular formula is C14H23NO. The third-order valence-corrected chi connectivity index (χ3v) is 3.41. The van der Waals surface area contributed by atoms with Crippen molar-refractivity contribution in [2.24, 2.45) is 5.92 Å². The molecule has 16 heavy (non-hydrogen) atoms. The van der Waals surface area contributed by atoms with Gasteiger partial charge in [-0.2, -0.15) is 0 Å². The normalized spacial score (nSPS) is 23.6. The molecule has 1 saturated carbocycles. The molecule has 0 bridgehead atoms. The SMILES string of the molecule is CCCCCNCc1ccc(C2CC2C)o1. The van der Waals surface area contributed by atoms with Crippen LogP contribution in [0.3, 0.4) is 0 Å². The van der Waals surface area contributed by atoms with Crippen molar-refractivity contribution in [2.75, 3.05) is 6.54 Å². The lowest BCUT2D eigenvalue weighted by molar-refractivity contribution is 0.442. The minimum absolute atomic E-state index is 0.703. The zero-order valence-corrected chi connectivity index (χ0v) is 10.5. The Morgan fingerprint density at radius 1 is 1.38 bits per heavy atom. The molecule has 2 unspecified atom stereocenters. The van der Waals surface area contributed by atoms with Crippen molar-refractivity contribution in [1.82, 2.24) is 5.32 Å². The van der Waals surface area contributed by atoms with Gasteiger partial charge in [-0.25, -0.2) is 0 Å². The number of unbranched alkanes of at least 4 members (excludes halogenated alkanes) is 2. The lowest BCUT2D eigenvalue weighted by Gasteiger charge is -2.01. The molecule has 2 nitrogen and oxygen atoms in total. The van der Waals surface area contributed by atoms with Crippen molar-refractivity contribution < 1.29 is 4.42 Å². The van der Waals surface area contributed by atoms with Crippen LogP contribution in [0, 0.1) is 5.92 Å². The fourth-order valence-electron chi connectivity index (χ4n) is 2.12. The Kier molecular flexibility index (Phi) is 4.05. The summed E-state index contributed by atoms with van der Waals surface area (Å²) < 4.78 is 5.82. The van der Waals surface area contributed by atoms with Crippen LogP contribution in [0.5, 0.6) is 0 Å². The first-order valence-corrected chi connectivity index (χ1v) is 6.60. The van der Waals surface area contributed by atoms with Crippen LogP contribution in [0.1, 0.15) is 57.0 Å². The molecule has 1 N–H and O–H groups in total. The molecule has 1 heterocycles. The van der Waals surface area contributed by atoms with Crippen LogP contribution in [0.15, 0.2) is 16.5 Å². The third-order valence-electron chi connectivity index (χ3n) is 3.41. The lowest BCUT2D eigenvalue weighted by Crippen LogP contribution is -2.13. The summed E-state index contributed by atoms with van der Waals surface area (Å²) in [6, 6.07) is 4.27. The van der Waals surface area contributed by atoms with E-state index in [2.05, 4.69) is 31.3 Å². The summed E-state index contributed by atoms with van der Waals surface area (Å²) >= 11 is 0. The van der Waals surface area contributed by atoms with Crippen molar-refractivity contribution >= 4 is 0 Å². The van der Waals surface area contributed by atoms with Crippen LogP contribution in [-0.4, -0.2) is 6.54 Å². The molecule has 1 fully saturated rings. The quantitative estimate of drug-likeness (QED) is 0.710. The second kappa shape index (κ2) is 5.53. The Hall–Kier alpha value is -0.760. The Labute approximate surface area is 98.4 Å². The van der Waals surface area contributed by atoms with Crippen LogP contribution in [-0.2, 0) is 6.54 Å². The maximum Gasteiger partial charge on any atom is 0.117 e. The molecule has 0 saturated heterocycles. The first-order valence-electron chi connectivity index (χ1n) is 6.60. The van der Waals surface area contributed by atoms with Crippen LogP contribution in [0.2, 0.25) is 0 Å². The van der Waals surface area contributed by atoms with E-state index in [4.69, 9.17) is 4.42 Å². The Balaban J connectivity index is 1.67. The van der Waals surface area contributed by atoms with Gasteiger partial charge in [-0.15, -0.1) is 0 Å². The van der Waals surface area contributed by atoms with Crippen molar-refractivity contribution in [3.8, 4) is 0 Å². The zero-order chi connectivity index (χ0) is 11.4. The highest BCUT2D eigenvalue weighted by Crippen LogP contribution is 2.47. The first-order chi connectivity index (χ1) is 7.81. The van der Waals surface area contributed by atoms with Gasteiger partial charge >= 0.3 is 0 Å². The zero-order valence-electron chi connectivity index (χ0n) is 10.5. The van der Waals surface area contributed by atoms with E-state index in [1.807, 2.05) is 0 Å². The summed E-state index contributed by atoms with van der Waals surface area (Å²) in [6.07, 6.45) is 5.17. The Morgan fingerprint density at radius 3 is 2.88 bits per heavy atom. The van der Waals surface area contributed by atoms with E-state index in [1.54, 1.807) is 0 Å². The first kappa shape index (κ1) is 11.7. The van der Waals surface area contributed by atoms with Gasteiger partial charge in [0.05, 0.1) is 6.54 Å². The van der Waals surface area contributed by atoms with E-state index in [-0.39, 0.29) is 0 Å². The fraction of sp³-hybridized carbons (Fsp3) is 0.714. The molecule has 1 aliphatic carbocycles. The van der Waals surface area contributed by atoms with Gasteiger partial charge < -0.3 is 9.73 Å². The van der Waals surface area contributed by atoms with Gasteiger partial charge in [-0.05, 0) is 37.4 Å². The summed E-state index contributed by atoms with van der Waals surface area (Å²) in [4.78, 5) is 0. The molecule has 1 aromatic heterocycles. The largest absolute Gasteiger partial charge is 0.464 e. The van der Waals surface area contributed by atoms with Crippen molar-refractivity contribution in [3.05, 3.63) is 23.7 Å². The molecule has 1 aromatic rings. The molecule has 90 valence electrons. The van der Waals surface area contributed by atoms with Gasteiger partial charge in [-0.3, -0.25) is 0 Å². The predicted octanol–water partition coefficient (Wildman–Crippen LogP) is 3.68. The summed E-state index contributed by atoms with van der Waals surface area (Å²) in [7, 11) is 0. The molecule has 0 radical (unpaired) electrons. The number of rotatable bonds is 7. The number of furan rings is 1. The highest BCUT2D eigenvalue weighted by Gasteiger charge is 2.36. The summed E-state index contributed by atoms with van der Waals surface area (Å²) in [5.41, 5.74) is 0. The summed E-state index contributed by atoms with van der Waals surface area (Å²) in [5, 5.41) is 3.43. The second-order valence-electron chi connectivity index (χ2n) is 5.01. The molecule has 0 amide bonds. The average molecular weight is 221 g/mol. The van der Waals surface area contributed by atoms with Crippen molar-refractivity contribution in [3.63, 3.8) is 0 Å². The standard InChI is InChI=1S/C14H23NO/c1-3-4-5-8-15-10-12-6-7-14(16-12)13-9-11(13)2/h6-7,11,13,15H,3-5,8-10H2,1-2H3. The minimum Gasteiger partial charge on any atom is -0.464 e. The van der Waals surface area contributed by atoms with Crippen LogP contribution in [0.25, 0.3) is 0 Å². The van der Waals surface area contributed by atoms with Gasteiger partial charge in [0.2, 0.25) is 0 Å². The summed E-state index contributed by atoms with van der Waals surface area (Å²) in [6.45, 7) is 6.50. The second-order valence-corrected chi connectivity index (χ2v) is 5.01. The van der Waals surface area contributed by atoms with Gasteiger partial charge in [-0.1, -0.05) is 26.7 Å². The van der Waals surface area contributed by atoms with Crippen molar-refractivity contribution in [2.45, 2.75) is 52.0 Å². The predicted molar refractivity (Wildman–Crippen MR) is 66.5 cm³/mol. The van der Waals surface area contributed by atoms with Crippen LogP contribution < -0.4 is 5.32 Å². The van der Waals surface area contributed by atoms with Crippen LogP contribution >= 0.6 is 0 Å². The maximum atomic E-state index is 5.82. The Morgan fingerprint density at radius 2 is 2.19 bits per heavy atom. The Bertz CT molecular complexity index is 318. The van der Waals surface area contributed by atoms with E-state index < -0.39 is 0 Å². The van der Waals surface area contributed by atoms with E-state index in [0.29, 0.717) is 5.92 Å². The van der Waals surface area contributed by atoms with E-state index >= 15 is 0 Å². The lowest BCUT2D eigenvalue weighted by atomic mass is 10.2. The molecular weight excluding hydrogens is 198 g/mol. The van der Waals surface area contributed by atoms with Gasteiger partial charge in [0.1, 0.15) is 11.5 Å². The molecule has 0 aliphatic heterocycles. The number of hydrogen-bond acceptors (Lipinski definition) is 2. The smallest absolute Gasteiger partial charge is 0.117 e. The molecule has 1 aliphatic rings.